The van der Waals surface area contributed by atoms with E-state index in [1.165, 1.54) is 0 Å². The number of oxazole rings is 1. The Kier molecular flexibility index (Phi) is 5.85. The molecule has 1 heterocycles. The van der Waals surface area contributed by atoms with E-state index in [1.54, 1.807) is 11.9 Å². The fourth-order valence-electron chi connectivity index (χ4n) is 3.24. The first-order valence-corrected chi connectivity index (χ1v) is 8.47. The van der Waals surface area contributed by atoms with Crippen molar-refractivity contribution in [2.75, 3.05) is 27.7 Å². The third kappa shape index (κ3) is 4.07. The Morgan fingerprint density at radius 2 is 1.96 bits per heavy atom. The SMILES string of the molecule is CN=C(NCc1nc(C)c(C)o1)NCC1(C(=O)N(C)C)CCCC1. The number of amides is 1. The second-order valence-corrected chi connectivity index (χ2v) is 6.72. The van der Waals surface area contributed by atoms with Crippen molar-refractivity contribution in [3.05, 3.63) is 17.3 Å². The summed E-state index contributed by atoms with van der Waals surface area (Å²) >= 11 is 0. The third-order valence-corrected chi connectivity index (χ3v) is 4.72. The molecule has 1 aromatic rings. The van der Waals surface area contributed by atoms with E-state index in [-0.39, 0.29) is 11.3 Å². The van der Waals surface area contributed by atoms with Gasteiger partial charge in [-0.3, -0.25) is 9.79 Å². The predicted octanol–water partition coefficient (Wildman–Crippen LogP) is 1.61. The van der Waals surface area contributed by atoms with Crippen LogP contribution in [0, 0.1) is 19.3 Å². The molecule has 2 rings (SSSR count). The van der Waals surface area contributed by atoms with E-state index in [1.807, 2.05) is 27.9 Å². The molecule has 0 radical (unpaired) electrons. The molecule has 0 saturated heterocycles. The average molecular weight is 335 g/mol. The Bertz CT molecular complexity index is 581. The molecule has 1 aliphatic rings. The van der Waals surface area contributed by atoms with E-state index in [2.05, 4.69) is 20.6 Å². The van der Waals surface area contributed by atoms with Crippen LogP contribution in [0.3, 0.4) is 0 Å². The number of aryl methyl sites for hydroxylation is 2. The van der Waals surface area contributed by atoms with Crippen molar-refractivity contribution in [1.29, 1.82) is 0 Å². The summed E-state index contributed by atoms with van der Waals surface area (Å²) in [6.07, 6.45) is 4.04. The van der Waals surface area contributed by atoms with Crippen molar-refractivity contribution in [2.24, 2.45) is 10.4 Å². The molecule has 0 atom stereocenters. The lowest BCUT2D eigenvalue weighted by molar-refractivity contribution is -0.138. The molecule has 1 aliphatic carbocycles. The summed E-state index contributed by atoms with van der Waals surface area (Å²) in [5, 5.41) is 6.49. The highest BCUT2D eigenvalue weighted by Gasteiger charge is 2.42. The second-order valence-electron chi connectivity index (χ2n) is 6.72. The minimum absolute atomic E-state index is 0.196. The summed E-state index contributed by atoms with van der Waals surface area (Å²) in [5.74, 6) is 2.31. The van der Waals surface area contributed by atoms with E-state index >= 15 is 0 Å². The lowest BCUT2D eigenvalue weighted by Gasteiger charge is -2.31. The van der Waals surface area contributed by atoms with E-state index < -0.39 is 0 Å². The number of carbonyl (C=O) groups excluding carboxylic acids is 1. The Morgan fingerprint density at radius 3 is 2.46 bits per heavy atom. The summed E-state index contributed by atoms with van der Waals surface area (Å²) in [6, 6.07) is 0. The molecule has 0 spiro atoms. The van der Waals surface area contributed by atoms with E-state index in [9.17, 15) is 4.79 Å². The maximum atomic E-state index is 12.6. The van der Waals surface area contributed by atoms with Crippen LogP contribution in [-0.4, -0.2) is 49.4 Å². The van der Waals surface area contributed by atoms with E-state index in [4.69, 9.17) is 4.42 Å². The first-order chi connectivity index (χ1) is 11.4. The van der Waals surface area contributed by atoms with Crippen LogP contribution in [0.4, 0.5) is 0 Å². The molecular formula is C17H29N5O2. The third-order valence-electron chi connectivity index (χ3n) is 4.72. The Morgan fingerprint density at radius 1 is 1.29 bits per heavy atom. The van der Waals surface area contributed by atoms with Gasteiger partial charge in [0.1, 0.15) is 5.76 Å². The number of aliphatic imine (C=N–C) groups is 1. The van der Waals surface area contributed by atoms with Gasteiger partial charge in [0.05, 0.1) is 17.7 Å². The first kappa shape index (κ1) is 18.3. The molecule has 0 unspecified atom stereocenters. The Hall–Kier alpha value is -2.05. The first-order valence-electron chi connectivity index (χ1n) is 8.47. The zero-order valence-corrected chi connectivity index (χ0v) is 15.4. The van der Waals surface area contributed by atoms with Crippen molar-refractivity contribution in [3.8, 4) is 0 Å². The number of aromatic nitrogens is 1. The van der Waals surface area contributed by atoms with Crippen molar-refractivity contribution in [2.45, 2.75) is 46.1 Å². The van der Waals surface area contributed by atoms with Crippen LogP contribution in [0.15, 0.2) is 9.41 Å². The zero-order valence-electron chi connectivity index (χ0n) is 15.4. The molecule has 0 bridgehead atoms. The summed E-state index contributed by atoms with van der Waals surface area (Å²) in [7, 11) is 5.36. The number of carbonyl (C=O) groups is 1. The normalized spacial score (nSPS) is 17.0. The summed E-state index contributed by atoms with van der Waals surface area (Å²) in [5.41, 5.74) is 0.577. The highest BCUT2D eigenvalue weighted by Crippen LogP contribution is 2.38. The summed E-state index contributed by atoms with van der Waals surface area (Å²) < 4.78 is 5.56. The average Bonchev–Trinajstić information content (AvgIpc) is 3.15. The monoisotopic (exact) mass is 335 g/mol. The van der Waals surface area contributed by atoms with E-state index in [0.717, 1.165) is 37.1 Å². The number of hydrogen-bond donors (Lipinski definition) is 2. The number of guanidine groups is 1. The molecule has 1 aromatic heterocycles. The molecule has 2 N–H and O–H groups in total. The summed E-state index contributed by atoms with van der Waals surface area (Å²) in [4.78, 5) is 22.9. The van der Waals surface area contributed by atoms with Gasteiger partial charge in [0.25, 0.3) is 0 Å². The lowest BCUT2D eigenvalue weighted by Crippen LogP contribution is -2.49. The molecule has 1 saturated carbocycles. The highest BCUT2D eigenvalue weighted by molar-refractivity contribution is 5.85. The van der Waals surface area contributed by atoms with Gasteiger partial charge in [-0.15, -0.1) is 0 Å². The molecule has 7 heteroatoms. The number of rotatable bonds is 5. The van der Waals surface area contributed by atoms with Crippen LogP contribution in [0.25, 0.3) is 0 Å². The van der Waals surface area contributed by atoms with Gasteiger partial charge in [-0.1, -0.05) is 12.8 Å². The van der Waals surface area contributed by atoms with E-state index in [0.29, 0.717) is 24.9 Å². The van der Waals surface area contributed by atoms with Crippen molar-refractivity contribution in [3.63, 3.8) is 0 Å². The lowest BCUT2D eigenvalue weighted by atomic mass is 9.84. The second kappa shape index (κ2) is 7.68. The van der Waals surface area contributed by atoms with Gasteiger partial charge >= 0.3 is 0 Å². The number of nitrogens with one attached hydrogen (secondary N) is 2. The smallest absolute Gasteiger partial charge is 0.230 e. The minimum Gasteiger partial charge on any atom is -0.444 e. The maximum absolute atomic E-state index is 12.6. The fraction of sp³-hybridized carbons (Fsp3) is 0.706. The number of nitrogens with zero attached hydrogens (tertiary/aromatic N) is 3. The molecule has 1 amide bonds. The number of hydrogen-bond acceptors (Lipinski definition) is 4. The molecule has 134 valence electrons. The molecule has 0 aromatic carbocycles. The van der Waals surface area contributed by atoms with Crippen molar-refractivity contribution < 1.29 is 9.21 Å². The quantitative estimate of drug-likeness (QED) is 0.631. The zero-order chi connectivity index (χ0) is 17.7. The molecule has 24 heavy (non-hydrogen) atoms. The highest BCUT2D eigenvalue weighted by atomic mass is 16.4. The molecule has 1 fully saturated rings. The van der Waals surface area contributed by atoms with Crippen LogP contribution < -0.4 is 10.6 Å². The molecule has 0 aliphatic heterocycles. The molecule has 7 nitrogen and oxygen atoms in total. The van der Waals surface area contributed by atoms with Gasteiger partial charge in [-0.2, -0.15) is 0 Å². The van der Waals surface area contributed by atoms with Crippen molar-refractivity contribution in [1.82, 2.24) is 20.5 Å². The van der Waals surface area contributed by atoms with Crippen LogP contribution >= 0.6 is 0 Å². The molecular weight excluding hydrogens is 306 g/mol. The van der Waals surface area contributed by atoms with Gasteiger partial charge < -0.3 is 20.0 Å². The maximum Gasteiger partial charge on any atom is 0.230 e. The fourth-order valence-corrected chi connectivity index (χ4v) is 3.24. The minimum atomic E-state index is -0.322. The standard InChI is InChI=1S/C17H29N5O2/c1-12-13(2)24-14(21-12)10-19-16(18-3)20-11-17(8-6-7-9-17)15(23)22(4)5/h6-11H2,1-5H3,(H2,18,19,20). The van der Waals surface area contributed by atoms with Crippen molar-refractivity contribution >= 4 is 11.9 Å². The Balaban J connectivity index is 1.93. The van der Waals surface area contributed by atoms with Crippen LogP contribution in [0.1, 0.15) is 43.0 Å². The van der Waals surface area contributed by atoms with Gasteiger partial charge in [0, 0.05) is 27.7 Å². The largest absolute Gasteiger partial charge is 0.444 e. The summed E-state index contributed by atoms with van der Waals surface area (Å²) in [6.45, 7) is 4.87. The topological polar surface area (TPSA) is 82.8 Å². The Labute approximate surface area is 143 Å². The van der Waals surface area contributed by atoms with Gasteiger partial charge in [0.15, 0.2) is 5.96 Å². The van der Waals surface area contributed by atoms with Gasteiger partial charge in [-0.05, 0) is 26.7 Å². The predicted molar refractivity (Wildman–Crippen MR) is 93.8 cm³/mol. The van der Waals surface area contributed by atoms with Crippen LogP contribution in [0.5, 0.6) is 0 Å². The van der Waals surface area contributed by atoms with Crippen LogP contribution in [-0.2, 0) is 11.3 Å². The van der Waals surface area contributed by atoms with Gasteiger partial charge in [0.2, 0.25) is 11.8 Å². The van der Waals surface area contributed by atoms with Gasteiger partial charge in [-0.25, -0.2) is 4.98 Å². The van der Waals surface area contributed by atoms with Crippen LogP contribution in [0.2, 0.25) is 0 Å².